The average Bonchev–Trinajstić information content (AvgIpc) is 4.02. The van der Waals surface area contributed by atoms with E-state index in [-0.39, 0.29) is 5.41 Å². The van der Waals surface area contributed by atoms with Crippen LogP contribution in [0.25, 0.3) is 75.7 Å². The second-order valence-corrected chi connectivity index (χ2v) is 17.3. The first-order valence-electron chi connectivity index (χ1n) is 20.3. The molecule has 0 aliphatic heterocycles. The molecule has 3 heterocycles. The van der Waals surface area contributed by atoms with Crippen LogP contribution in [0.3, 0.4) is 0 Å². The summed E-state index contributed by atoms with van der Waals surface area (Å²) in [4.78, 5) is 3.70. The highest BCUT2D eigenvalue weighted by Gasteiger charge is 2.36. The Bertz CT molecular complexity index is 3350. The van der Waals surface area contributed by atoms with Crippen LogP contribution >= 0.6 is 11.3 Å². The molecule has 11 aromatic rings. The maximum atomic E-state index is 2.42. The molecule has 0 saturated carbocycles. The Balaban J connectivity index is 0.976. The van der Waals surface area contributed by atoms with Gasteiger partial charge in [0.05, 0.1) is 11.0 Å². The van der Waals surface area contributed by atoms with Crippen LogP contribution in [0.15, 0.2) is 200 Å². The number of thiophene rings is 1. The van der Waals surface area contributed by atoms with Gasteiger partial charge in [-0.2, -0.15) is 0 Å². The molecule has 1 aliphatic rings. The highest BCUT2D eigenvalue weighted by atomic mass is 32.1. The fourth-order valence-electron chi connectivity index (χ4n) is 9.66. The van der Waals surface area contributed by atoms with Gasteiger partial charge in [-0.05, 0) is 118 Å². The molecule has 3 nitrogen and oxygen atoms in total. The largest absolute Gasteiger partial charge is 0.310 e. The van der Waals surface area contributed by atoms with Crippen LogP contribution in [0.4, 0.5) is 17.1 Å². The van der Waals surface area contributed by atoms with E-state index >= 15 is 0 Å². The van der Waals surface area contributed by atoms with Crippen molar-refractivity contribution in [2.75, 3.05) is 4.90 Å². The van der Waals surface area contributed by atoms with Gasteiger partial charge in [-0.1, -0.05) is 123 Å². The zero-order valence-corrected chi connectivity index (χ0v) is 33.6. The van der Waals surface area contributed by atoms with Gasteiger partial charge in [-0.3, -0.25) is 0 Å². The number of rotatable bonds is 6. The van der Waals surface area contributed by atoms with Gasteiger partial charge in [0.25, 0.3) is 0 Å². The smallest absolute Gasteiger partial charge is 0.108 e. The number of hydrogen-bond donors (Lipinski definition) is 0. The van der Waals surface area contributed by atoms with Crippen molar-refractivity contribution in [1.29, 1.82) is 0 Å². The first-order valence-corrected chi connectivity index (χ1v) is 21.2. The highest BCUT2D eigenvalue weighted by molar-refractivity contribution is 7.25. The summed E-state index contributed by atoms with van der Waals surface area (Å²) in [5.74, 6) is 0. The van der Waals surface area contributed by atoms with Crippen LogP contribution in [-0.4, -0.2) is 9.13 Å². The summed E-state index contributed by atoms with van der Waals surface area (Å²) in [6.45, 7) is 4.75. The van der Waals surface area contributed by atoms with Gasteiger partial charge < -0.3 is 14.0 Å². The molecule has 280 valence electrons. The molecule has 0 unspecified atom stereocenters. The number of hydrogen-bond acceptors (Lipinski definition) is 2. The molecule has 0 atom stereocenters. The van der Waals surface area contributed by atoms with Crippen molar-refractivity contribution in [3.05, 3.63) is 211 Å². The maximum absolute atomic E-state index is 2.42. The Morgan fingerprint density at radius 1 is 0.441 bits per heavy atom. The molecule has 0 radical (unpaired) electrons. The molecule has 1 aliphatic carbocycles. The molecule has 0 fully saturated rings. The molecule has 12 rings (SSSR count). The molecule has 59 heavy (non-hydrogen) atoms. The van der Waals surface area contributed by atoms with Crippen LogP contribution in [0.5, 0.6) is 0 Å². The number of fused-ring (bicyclic) bond motifs is 9. The molecule has 0 amide bonds. The van der Waals surface area contributed by atoms with Crippen LogP contribution in [-0.2, 0) is 5.41 Å². The van der Waals surface area contributed by atoms with Crippen molar-refractivity contribution in [2.45, 2.75) is 19.3 Å². The number of anilines is 3. The molecule has 0 spiro atoms. The minimum atomic E-state index is -0.155. The summed E-state index contributed by atoms with van der Waals surface area (Å²) in [5.41, 5.74) is 15.7. The quantitative estimate of drug-likeness (QED) is 0.164. The summed E-state index contributed by atoms with van der Waals surface area (Å²) in [6.07, 6.45) is 2.23. The Labute approximate surface area is 347 Å². The second-order valence-electron chi connectivity index (χ2n) is 16.2. The number of nitrogens with zero attached hydrogens (tertiary/aromatic N) is 3. The van der Waals surface area contributed by atoms with Gasteiger partial charge in [-0.25, -0.2) is 0 Å². The minimum absolute atomic E-state index is 0.155. The van der Waals surface area contributed by atoms with Crippen LogP contribution < -0.4 is 4.90 Å². The third-order valence-corrected chi connectivity index (χ3v) is 13.8. The topological polar surface area (TPSA) is 13.1 Å². The number of aromatic nitrogens is 2. The fourth-order valence-corrected chi connectivity index (χ4v) is 10.9. The van der Waals surface area contributed by atoms with Gasteiger partial charge in [0.15, 0.2) is 0 Å². The first kappa shape index (κ1) is 33.9. The lowest BCUT2D eigenvalue weighted by atomic mass is 9.82. The van der Waals surface area contributed by atoms with E-state index in [4.69, 9.17) is 0 Å². The fraction of sp³-hybridized carbons (Fsp3) is 0.0545. The summed E-state index contributed by atoms with van der Waals surface area (Å²) in [5, 5.41) is 5.18. The summed E-state index contributed by atoms with van der Waals surface area (Å²) in [7, 11) is 0. The predicted molar refractivity (Wildman–Crippen MR) is 251 cm³/mol. The molecule has 0 bridgehead atoms. The third kappa shape index (κ3) is 5.20. The Kier molecular flexibility index (Phi) is 7.44. The molecule has 0 saturated heterocycles. The second kappa shape index (κ2) is 12.9. The van der Waals surface area contributed by atoms with Crippen molar-refractivity contribution < 1.29 is 0 Å². The van der Waals surface area contributed by atoms with Crippen LogP contribution in [0.2, 0.25) is 0 Å². The van der Waals surface area contributed by atoms with Crippen molar-refractivity contribution in [3.63, 3.8) is 0 Å². The van der Waals surface area contributed by atoms with Crippen LogP contribution in [0.1, 0.15) is 25.0 Å². The van der Waals surface area contributed by atoms with Crippen molar-refractivity contribution in [2.24, 2.45) is 0 Å². The zero-order chi connectivity index (χ0) is 39.2. The first-order chi connectivity index (χ1) is 29.0. The highest BCUT2D eigenvalue weighted by Crippen LogP contribution is 2.52. The normalized spacial score (nSPS) is 13.1. The van der Waals surface area contributed by atoms with E-state index in [9.17, 15) is 0 Å². The van der Waals surface area contributed by atoms with E-state index in [1.165, 1.54) is 81.2 Å². The van der Waals surface area contributed by atoms with Crippen molar-refractivity contribution >= 4 is 70.5 Å². The Hall–Kier alpha value is -7.14. The summed E-state index contributed by atoms with van der Waals surface area (Å²) in [6, 6.07) is 71.3. The molecular weight excluding hydrogens is 735 g/mol. The van der Waals surface area contributed by atoms with E-state index in [0.29, 0.717) is 0 Å². The van der Waals surface area contributed by atoms with Gasteiger partial charge in [-0.15, -0.1) is 11.3 Å². The monoisotopic (exact) mass is 773 g/mol. The van der Waals surface area contributed by atoms with Gasteiger partial charge in [0, 0.05) is 66.3 Å². The van der Waals surface area contributed by atoms with Crippen LogP contribution in [0, 0.1) is 0 Å². The molecule has 3 aromatic heterocycles. The SMILES string of the molecule is CC1(C)c2ccc(N(c3ccc(-c4ccccc4)cc3)c3ccc(-n4c5ccccc5c5ccccc54)cc3)cc2-c2ccc(-n3ccc4c5ccccc5sc43)cc21. The standard InChI is InChI=1S/C55H39N3S/c1-55(2)49-31-29-42(34-48(49)43-30-28-41(35-50(43)55)56-33-32-47-46-16-8-11-19-53(46)59-54(47)56)57(38-22-20-37(21-23-38)36-12-4-3-5-13-36)39-24-26-40(27-25-39)58-51-17-9-6-14-44(51)45-15-7-10-18-52(45)58/h3-35H,1-2H3. The van der Waals surface area contributed by atoms with Gasteiger partial charge in [0.2, 0.25) is 0 Å². The van der Waals surface area contributed by atoms with E-state index in [1.54, 1.807) is 0 Å². The molecule has 0 N–H and O–H groups in total. The third-order valence-electron chi connectivity index (χ3n) is 12.6. The van der Waals surface area contributed by atoms with E-state index in [2.05, 4.69) is 228 Å². The molecule has 8 aromatic carbocycles. The number of para-hydroxylation sites is 2. The molecular formula is C55H39N3S. The van der Waals surface area contributed by atoms with Crippen molar-refractivity contribution in [1.82, 2.24) is 9.13 Å². The van der Waals surface area contributed by atoms with E-state index < -0.39 is 0 Å². The van der Waals surface area contributed by atoms with Gasteiger partial charge >= 0.3 is 0 Å². The lowest BCUT2D eigenvalue weighted by molar-refractivity contribution is 0.660. The lowest BCUT2D eigenvalue weighted by Gasteiger charge is -2.27. The Morgan fingerprint density at radius 2 is 1.03 bits per heavy atom. The zero-order valence-electron chi connectivity index (χ0n) is 32.8. The van der Waals surface area contributed by atoms with Crippen molar-refractivity contribution in [3.8, 4) is 33.6 Å². The van der Waals surface area contributed by atoms with Gasteiger partial charge in [0.1, 0.15) is 4.83 Å². The average molecular weight is 774 g/mol. The van der Waals surface area contributed by atoms with E-state index in [1.807, 2.05) is 11.3 Å². The van der Waals surface area contributed by atoms with E-state index in [0.717, 1.165) is 22.7 Å². The Morgan fingerprint density at radius 3 is 1.76 bits per heavy atom. The lowest BCUT2D eigenvalue weighted by Crippen LogP contribution is -2.16. The molecule has 4 heteroatoms. The number of benzene rings is 8. The summed E-state index contributed by atoms with van der Waals surface area (Å²) >= 11 is 1.87. The summed E-state index contributed by atoms with van der Waals surface area (Å²) < 4.78 is 6.08. The minimum Gasteiger partial charge on any atom is -0.310 e. The predicted octanol–water partition coefficient (Wildman–Crippen LogP) is 15.4. The maximum Gasteiger partial charge on any atom is 0.108 e.